The molecule has 0 radical (unpaired) electrons. The highest BCUT2D eigenvalue weighted by atomic mass is 79.9. The zero-order valence-electron chi connectivity index (χ0n) is 11.0. The van der Waals surface area contributed by atoms with Gasteiger partial charge in [0.1, 0.15) is 5.82 Å². The second-order valence-corrected chi connectivity index (χ2v) is 6.42. The molecule has 0 saturated heterocycles. The monoisotopic (exact) mass is 312 g/mol. The molecule has 1 aromatic rings. The predicted molar refractivity (Wildman–Crippen MR) is 77.7 cm³/mol. The third-order valence-electron chi connectivity index (χ3n) is 3.97. The number of pyridine rings is 1. The lowest BCUT2D eigenvalue weighted by atomic mass is 9.77. The first kappa shape index (κ1) is 13.8. The van der Waals surface area contributed by atoms with E-state index >= 15 is 0 Å². The normalized spacial score (nSPS) is 28.1. The molecule has 1 saturated carbocycles. The third-order valence-corrected chi connectivity index (χ3v) is 4.80. The summed E-state index contributed by atoms with van der Waals surface area (Å²) in [7, 11) is 0. The van der Waals surface area contributed by atoms with Gasteiger partial charge in [-0.2, -0.15) is 0 Å². The number of nitrogens with one attached hydrogen (secondary N) is 1. The number of hydrogen-bond acceptors (Lipinski definition) is 3. The maximum Gasteiger partial charge on any atom is 0.126 e. The number of halogens is 1. The van der Waals surface area contributed by atoms with Crippen molar-refractivity contribution in [2.75, 3.05) is 11.9 Å². The molecule has 1 aliphatic rings. The fourth-order valence-electron chi connectivity index (χ4n) is 2.52. The van der Waals surface area contributed by atoms with E-state index in [1.54, 1.807) is 0 Å². The number of aliphatic hydroxyl groups is 1. The molecule has 1 fully saturated rings. The molecule has 2 N–H and O–H groups in total. The largest absolute Gasteiger partial charge is 0.394 e. The Kier molecular flexibility index (Phi) is 4.28. The molecule has 18 heavy (non-hydrogen) atoms. The zero-order valence-corrected chi connectivity index (χ0v) is 12.6. The molecule has 1 aliphatic carbocycles. The van der Waals surface area contributed by atoms with Gasteiger partial charge in [0, 0.05) is 10.7 Å². The van der Waals surface area contributed by atoms with Crippen LogP contribution in [0.2, 0.25) is 0 Å². The van der Waals surface area contributed by atoms with Crippen LogP contribution >= 0.6 is 15.9 Å². The van der Waals surface area contributed by atoms with Crippen LogP contribution in [0.5, 0.6) is 0 Å². The molecule has 0 atom stereocenters. The Labute approximate surface area is 117 Å². The summed E-state index contributed by atoms with van der Waals surface area (Å²) in [5.74, 6) is 1.63. The van der Waals surface area contributed by atoms with Crippen LogP contribution < -0.4 is 5.32 Å². The summed E-state index contributed by atoms with van der Waals surface area (Å²) >= 11 is 3.45. The molecule has 100 valence electrons. The Morgan fingerprint density at radius 3 is 2.72 bits per heavy atom. The maximum atomic E-state index is 9.71. The van der Waals surface area contributed by atoms with Gasteiger partial charge in [-0.3, -0.25) is 0 Å². The maximum absolute atomic E-state index is 9.71. The summed E-state index contributed by atoms with van der Waals surface area (Å²) in [5, 5.41) is 13.2. The molecule has 0 bridgehead atoms. The van der Waals surface area contributed by atoms with E-state index in [0.717, 1.165) is 34.6 Å². The summed E-state index contributed by atoms with van der Waals surface area (Å²) in [6.07, 6.45) is 6.18. The molecular formula is C14H21BrN2O. The fourth-order valence-corrected chi connectivity index (χ4v) is 2.73. The predicted octanol–water partition coefficient (Wildman–Crippen LogP) is 3.51. The van der Waals surface area contributed by atoms with Crippen molar-refractivity contribution >= 4 is 21.7 Å². The van der Waals surface area contributed by atoms with Crippen molar-refractivity contribution in [3.8, 4) is 0 Å². The molecule has 0 unspecified atom stereocenters. The van der Waals surface area contributed by atoms with Crippen molar-refractivity contribution in [2.24, 2.45) is 5.92 Å². The van der Waals surface area contributed by atoms with Crippen LogP contribution in [0.15, 0.2) is 16.7 Å². The number of hydrogen-bond donors (Lipinski definition) is 2. The summed E-state index contributed by atoms with van der Waals surface area (Å²) < 4.78 is 1.02. The van der Waals surface area contributed by atoms with E-state index < -0.39 is 0 Å². The van der Waals surface area contributed by atoms with Gasteiger partial charge in [0.15, 0.2) is 0 Å². The number of nitrogens with zero attached hydrogens (tertiary/aromatic N) is 1. The van der Waals surface area contributed by atoms with Gasteiger partial charge >= 0.3 is 0 Å². The third kappa shape index (κ3) is 3.04. The van der Waals surface area contributed by atoms with Crippen molar-refractivity contribution in [3.63, 3.8) is 0 Å². The van der Waals surface area contributed by atoms with E-state index in [0.29, 0.717) is 0 Å². The van der Waals surface area contributed by atoms with Gasteiger partial charge < -0.3 is 10.4 Å². The quantitative estimate of drug-likeness (QED) is 0.897. The molecular weight excluding hydrogens is 292 g/mol. The molecule has 2 rings (SSSR count). The standard InChI is InChI=1S/C14H21BrN2O/c1-10-3-5-14(9-18,6-4-10)17-13-7-11(2)12(15)8-16-13/h7-8,10,18H,3-6,9H2,1-2H3,(H,16,17). The van der Waals surface area contributed by atoms with Gasteiger partial charge in [-0.15, -0.1) is 0 Å². The van der Waals surface area contributed by atoms with Crippen LogP contribution in [0, 0.1) is 12.8 Å². The fraction of sp³-hybridized carbons (Fsp3) is 0.643. The van der Waals surface area contributed by atoms with Crippen molar-refractivity contribution in [1.82, 2.24) is 4.98 Å². The second kappa shape index (κ2) is 5.57. The number of aryl methyl sites for hydroxylation is 1. The van der Waals surface area contributed by atoms with Gasteiger partial charge in [-0.1, -0.05) is 6.92 Å². The van der Waals surface area contributed by atoms with E-state index in [2.05, 4.69) is 33.2 Å². The molecule has 0 spiro atoms. The zero-order chi connectivity index (χ0) is 13.2. The Morgan fingerprint density at radius 2 is 2.17 bits per heavy atom. The van der Waals surface area contributed by atoms with Crippen molar-refractivity contribution < 1.29 is 5.11 Å². The summed E-state index contributed by atoms with van der Waals surface area (Å²) in [6.45, 7) is 4.51. The first-order valence-electron chi connectivity index (χ1n) is 6.56. The average Bonchev–Trinajstić information content (AvgIpc) is 2.37. The van der Waals surface area contributed by atoms with E-state index in [-0.39, 0.29) is 12.1 Å². The van der Waals surface area contributed by atoms with Crippen LogP contribution in [-0.4, -0.2) is 22.2 Å². The first-order valence-corrected chi connectivity index (χ1v) is 7.35. The minimum Gasteiger partial charge on any atom is -0.394 e. The van der Waals surface area contributed by atoms with Crippen LogP contribution in [0.3, 0.4) is 0 Å². The van der Waals surface area contributed by atoms with Gasteiger partial charge in [0.05, 0.1) is 12.1 Å². The van der Waals surface area contributed by atoms with Gasteiger partial charge in [-0.25, -0.2) is 4.98 Å². The minimum absolute atomic E-state index is 0.177. The van der Waals surface area contributed by atoms with E-state index in [1.807, 2.05) is 19.2 Å². The van der Waals surface area contributed by atoms with E-state index in [4.69, 9.17) is 0 Å². The van der Waals surface area contributed by atoms with Crippen molar-refractivity contribution in [2.45, 2.75) is 45.1 Å². The van der Waals surface area contributed by atoms with Crippen LogP contribution in [-0.2, 0) is 0 Å². The van der Waals surface area contributed by atoms with Crippen molar-refractivity contribution in [3.05, 3.63) is 22.3 Å². The lowest BCUT2D eigenvalue weighted by Crippen LogP contribution is -2.45. The molecule has 1 heterocycles. The molecule has 1 aromatic heterocycles. The second-order valence-electron chi connectivity index (χ2n) is 5.56. The molecule has 4 heteroatoms. The van der Waals surface area contributed by atoms with E-state index in [1.165, 1.54) is 12.8 Å². The lowest BCUT2D eigenvalue weighted by Gasteiger charge is -2.39. The summed E-state index contributed by atoms with van der Waals surface area (Å²) in [6, 6.07) is 2.03. The number of anilines is 1. The minimum atomic E-state index is -0.181. The summed E-state index contributed by atoms with van der Waals surface area (Å²) in [4.78, 5) is 4.38. The first-order chi connectivity index (χ1) is 8.54. The van der Waals surface area contributed by atoms with Crippen LogP contribution in [0.1, 0.15) is 38.2 Å². The molecule has 0 aliphatic heterocycles. The molecule has 0 aromatic carbocycles. The highest BCUT2D eigenvalue weighted by Gasteiger charge is 2.33. The Morgan fingerprint density at radius 1 is 1.50 bits per heavy atom. The van der Waals surface area contributed by atoms with Gasteiger partial charge in [0.2, 0.25) is 0 Å². The molecule has 3 nitrogen and oxygen atoms in total. The Balaban J connectivity index is 2.12. The SMILES string of the molecule is Cc1cc(NC2(CO)CCC(C)CC2)ncc1Br. The average molecular weight is 313 g/mol. The number of aliphatic hydroxyl groups excluding tert-OH is 1. The molecule has 0 amide bonds. The van der Waals surface area contributed by atoms with Gasteiger partial charge in [0.25, 0.3) is 0 Å². The number of rotatable bonds is 3. The number of aromatic nitrogens is 1. The van der Waals surface area contributed by atoms with Gasteiger partial charge in [-0.05, 0) is 66.1 Å². The Hall–Kier alpha value is -0.610. The van der Waals surface area contributed by atoms with E-state index in [9.17, 15) is 5.11 Å². The summed E-state index contributed by atoms with van der Waals surface area (Å²) in [5.41, 5.74) is 0.976. The lowest BCUT2D eigenvalue weighted by molar-refractivity contribution is 0.155. The van der Waals surface area contributed by atoms with Crippen molar-refractivity contribution in [1.29, 1.82) is 0 Å². The Bertz CT molecular complexity index is 414. The smallest absolute Gasteiger partial charge is 0.126 e. The highest BCUT2D eigenvalue weighted by molar-refractivity contribution is 9.10. The topological polar surface area (TPSA) is 45.1 Å². The van der Waals surface area contributed by atoms with Crippen LogP contribution in [0.25, 0.3) is 0 Å². The van der Waals surface area contributed by atoms with Crippen LogP contribution in [0.4, 0.5) is 5.82 Å². The highest BCUT2D eigenvalue weighted by Crippen LogP contribution is 2.34.